The number of benzene rings is 1. The topological polar surface area (TPSA) is 75.6 Å². The van der Waals surface area contributed by atoms with Crippen molar-refractivity contribution >= 4 is 28.9 Å². The third-order valence-corrected chi connectivity index (χ3v) is 5.67. The van der Waals surface area contributed by atoms with Gasteiger partial charge < -0.3 is 15.2 Å². The molecule has 0 radical (unpaired) electrons. The fourth-order valence-corrected chi connectivity index (χ4v) is 4.54. The first kappa shape index (κ1) is 17.5. The van der Waals surface area contributed by atoms with E-state index in [-0.39, 0.29) is 16.7 Å². The summed E-state index contributed by atoms with van der Waals surface area (Å²) >= 11 is 1.28. The lowest BCUT2D eigenvalue weighted by molar-refractivity contribution is -0.116. The van der Waals surface area contributed by atoms with Gasteiger partial charge in [0.1, 0.15) is 10.6 Å². The van der Waals surface area contributed by atoms with Crippen molar-refractivity contribution in [1.82, 2.24) is 0 Å². The van der Waals surface area contributed by atoms with E-state index in [2.05, 4.69) is 19.2 Å². The van der Waals surface area contributed by atoms with Crippen molar-refractivity contribution < 1.29 is 19.4 Å². The van der Waals surface area contributed by atoms with Crippen LogP contribution in [0.25, 0.3) is 11.1 Å². The predicted molar refractivity (Wildman–Crippen MR) is 98.7 cm³/mol. The highest BCUT2D eigenvalue weighted by atomic mass is 32.1. The molecule has 1 unspecified atom stereocenters. The Labute approximate surface area is 150 Å². The van der Waals surface area contributed by atoms with Crippen molar-refractivity contribution in [3.63, 3.8) is 0 Å². The van der Waals surface area contributed by atoms with Gasteiger partial charge in [-0.2, -0.15) is 0 Å². The van der Waals surface area contributed by atoms with Crippen molar-refractivity contribution in [2.24, 2.45) is 5.92 Å². The van der Waals surface area contributed by atoms with E-state index in [1.807, 2.05) is 12.1 Å². The van der Waals surface area contributed by atoms with E-state index in [0.29, 0.717) is 29.3 Å². The Morgan fingerprint density at radius 3 is 2.60 bits per heavy atom. The van der Waals surface area contributed by atoms with Crippen LogP contribution in [0.15, 0.2) is 24.3 Å². The van der Waals surface area contributed by atoms with E-state index in [1.165, 1.54) is 11.3 Å². The van der Waals surface area contributed by atoms with Crippen LogP contribution in [0.3, 0.4) is 0 Å². The van der Waals surface area contributed by atoms with Gasteiger partial charge in [-0.05, 0) is 30.0 Å². The smallest absolute Gasteiger partial charge is 0.346 e. The number of thiophene rings is 1. The Balaban J connectivity index is 2.15. The summed E-state index contributed by atoms with van der Waals surface area (Å²) in [5.74, 6) is 0.180. The number of nitrogens with one attached hydrogen (secondary N) is 1. The molecule has 0 saturated carbocycles. The normalized spacial score (nSPS) is 16.5. The molecule has 1 aromatic carbocycles. The number of carboxylic acids is 1. The van der Waals surface area contributed by atoms with E-state index in [0.717, 1.165) is 16.9 Å². The number of ether oxygens (including phenoxy) is 1. The van der Waals surface area contributed by atoms with Gasteiger partial charge in [0.05, 0.1) is 12.8 Å². The minimum atomic E-state index is -0.970. The molecule has 2 aromatic rings. The third-order valence-electron chi connectivity index (χ3n) is 4.33. The number of amides is 1. The van der Waals surface area contributed by atoms with Gasteiger partial charge in [0.25, 0.3) is 0 Å². The summed E-state index contributed by atoms with van der Waals surface area (Å²) in [5.41, 5.74) is 2.02. The molecule has 0 fully saturated rings. The van der Waals surface area contributed by atoms with Gasteiger partial charge in [-0.15, -0.1) is 11.3 Å². The van der Waals surface area contributed by atoms with Crippen molar-refractivity contribution in [3.05, 3.63) is 34.0 Å². The SMILES string of the molecule is COc1ccc(-c2c(C(=O)O)sc3c2NC(=O)CC3CC(C)C)cc1. The molecule has 1 aliphatic rings. The van der Waals surface area contributed by atoms with E-state index in [9.17, 15) is 14.7 Å². The second kappa shape index (κ2) is 6.88. The monoisotopic (exact) mass is 359 g/mol. The largest absolute Gasteiger partial charge is 0.497 e. The first-order chi connectivity index (χ1) is 11.9. The van der Waals surface area contributed by atoms with Crippen LogP contribution in [0.5, 0.6) is 5.75 Å². The lowest BCUT2D eigenvalue weighted by Gasteiger charge is -2.24. The Hall–Kier alpha value is -2.34. The van der Waals surface area contributed by atoms with Gasteiger partial charge >= 0.3 is 5.97 Å². The fourth-order valence-electron chi connectivity index (χ4n) is 3.31. The standard InChI is InChI=1S/C19H21NO4S/c1-10(2)8-12-9-14(21)20-16-15(18(19(22)23)25-17(12)16)11-4-6-13(24-3)7-5-11/h4-7,10,12H,8-9H2,1-3H3,(H,20,21)(H,22,23). The second-order valence-corrected chi connectivity index (χ2v) is 7.71. The highest BCUT2D eigenvalue weighted by Gasteiger charge is 2.33. The molecule has 1 amide bonds. The maximum atomic E-state index is 12.2. The minimum absolute atomic E-state index is 0.0531. The lowest BCUT2D eigenvalue weighted by atomic mass is 9.88. The zero-order chi connectivity index (χ0) is 18.1. The number of carboxylic acid groups (broad SMARTS) is 1. The van der Waals surface area contributed by atoms with Crippen LogP contribution >= 0.6 is 11.3 Å². The number of carbonyl (C=O) groups excluding carboxylic acids is 1. The number of anilines is 1. The molecule has 25 heavy (non-hydrogen) atoms. The van der Waals surface area contributed by atoms with Crippen LogP contribution in [-0.4, -0.2) is 24.1 Å². The van der Waals surface area contributed by atoms with Crippen LogP contribution in [0, 0.1) is 5.92 Å². The van der Waals surface area contributed by atoms with Crippen LogP contribution in [0.1, 0.15) is 47.2 Å². The van der Waals surface area contributed by atoms with Crippen LogP contribution in [0.2, 0.25) is 0 Å². The molecule has 132 valence electrons. The van der Waals surface area contributed by atoms with Gasteiger partial charge in [0.15, 0.2) is 0 Å². The van der Waals surface area contributed by atoms with E-state index in [1.54, 1.807) is 19.2 Å². The quantitative estimate of drug-likeness (QED) is 0.818. The zero-order valence-electron chi connectivity index (χ0n) is 14.5. The maximum absolute atomic E-state index is 12.2. The van der Waals surface area contributed by atoms with Crippen molar-refractivity contribution in [3.8, 4) is 16.9 Å². The Kier molecular flexibility index (Phi) is 4.81. The lowest BCUT2D eigenvalue weighted by Crippen LogP contribution is -2.22. The first-order valence-electron chi connectivity index (χ1n) is 8.25. The number of hydrogen-bond donors (Lipinski definition) is 2. The molecule has 0 spiro atoms. The van der Waals surface area contributed by atoms with Crippen molar-refractivity contribution in [2.45, 2.75) is 32.6 Å². The Bertz CT molecular complexity index is 808. The fraction of sp³-hybridized carbons (Fsp3) is 0.368. The number of rotatable bonds is 5. The van der Waals surface area contributed by atoms with Gasteiger partial charge in [0, 0.05) is 22.8 Å². The van der Waals surface area contributed by atoms with Crippen molar-refractivity contribution in [2.75, 3.05) is 12.4 Å². The number of aromatic carboxylic acids is 1. The van der Waals surface area contributed by atoms with E-state index < -0.39 is 5.97 Å². The second-order valence-electron chi connectivity index (χ2n) is 6.66. The molecule has 0 aliphatic carbocycles. The Morgan fingerprint density at radius 2 is 2.04 bits per heavy atom. The third kappa shape index (κ3) is 3.39. The Morgan fingerprint density at radius 1 is 1.36 bits per heavy atom. The van der Waals surface area contributed by atoms with Gasteiger partial charge in [0.2, 0.25) is 5.91 Å². The highest BCUT2D eigenvalue weighted by Crippen LogP contribution is 2.49. The molecule has 0 bridgehead atoms. The van der Waals surface area contributed by atoms with Crippen LogP contribution in [0.4, 0.5) is 5.69 Å². The molecule has 6 heteroatoms. The molecular formula is C19H21NO4S. The average Bonchev–Trinajstić information content (AvgIpc) is 2.94. The number of carbonyl (C=O) groups is 2. The van der Waals surface area contributed by atoms with E-state index >= 15 is 0 Å². The van der Waals surface area contributed by atoms with Gasteiger partial charge in [-0.1, -0.05) is 26.0 Å². The van der Waals surface area contributed by atoms with Crippen LogP contribution < -0.4 is 10.1 Å². The molecule has 1 atom stereocenters. The highest BCUT2D eigenvalue weighted by molar-refractivity contribution is 7.15. The molecule has 1 aliphatic heterocycles. The van der Waals surface area contributed by atoms with Crippen LogP contribution in [-0.2, 0) is 4.79 Å². The summed E-state index contributed by atoms with van der Waals surface area (Å²) in [5, 5.41) is 12.6. The zero-order valence-corrected chi connectivity index (χ0v) is 15.3. The molecule has 3 rings (SSSR count). The number of methoxy groups -OCH3 is 1. The summed E-state index contributed by atoms with van der Waals surface area (Å²) in [6.07, 6.45) is 1.27. The van der Waals surface area contributed by atoms with Gasteiger partial charge in [-0.3, -0.25) is 4.79 Å². The molecule has 2 heterocycles. The van der Waals surface area contributed by atoms with E-state index in [4.69, 9.17) is 4.74 Å². The first-order valence-corrected chi connectivity index (χ1v) is 9.06. The molecule has 2 N–H and O–H groups in total. The number of hydrogen-bond acceptors (Lipinski definition) is 4. The summed E-state index contributed by atoms with van der Waals surface area (Å²) in [6, 6.07) is 7.24. The molecule has 0 saturated heterocycles. The molecule has 1 aromatic heterocycles. The van der Waals surface area contributed by atoms with Gasteiger partial charge in [-0.25, -0.2) is 4.79 Å². The summed E-state index contributed by atoms with van der Waals surface area (Å²) < 4.78 is 5.17. The summed E-state index contributed by atoms with van der Waals surface area (Å²) in [4.78, 5) is 25.3. The molecule has 5 nitrogen and oxygen atoms in total. The summed E-state index contributed by atoms with van der Waals surface area (Å²) in [7, 11) is 1.58. The summed E-state index contributed by atoms with van der Waals surface area (Å²) in [6.45, 7) is 4.23. The number of fused-ring (bicyclic) bond motifs is 1. The predicted octanol–water partition coefficient (Wildman–Crippen LogP) is 4.59. The minimum Gasteiger partial charge on any atom is -0.497 e. The average molecular weight is 359 g/mol. The van der Waals surface area contributed by atoms with Crippen molar-refractivity contribution in [1.29, 1.82) is 0 Å². The molecular weight excluding hydrogens is 338 g/mol. The maximum Gasteiger partial charge on any atom is 0.346 e.